The number of benzene rings is 2. The van der Waals surface area contributed by atoms with Crippen molar-refractivity contribution in [3.63, 3.8) is 0 Å². The van der Waals surface area contributed by atoms with Crippen molar-refractivity contribution in [1.29, 1.82) is 0 Å². The first kappa shape index (κ1) is 20.2. The lowest BCUT2D eigenvalue weighted by atomic mass is 10.1. The number of anilines is 2. The van der Waals surface area contributed by atoms with Gasteiger partial charge in [0.05, 0.1) is 19.4 Å². The zero-order chi connectivity index (χ0) is 20.9. The number of rotatable bonds is 8. The fourth-order valence-electron chi connectivity index (χ4n) is 4.16. The summed E-state index contributed by atoms with van der Waals surface area (Å²) in [5, 5.41) is 0. The molecule has 4 rings (SSSR count). The van der Waals surface area contributed by atoms with Gasteiger partial charge in [-0.05, 0) is 55.2 Å². The number of carbonyl (C=O) groups excluding carboxylic acids is 1. The Bertz CT molecular complexity index is 963. The highest BCUT2D eigenvalue weighted by atomic mass is 16.5. The van der Waals surface area contributed by atoms with Gasteiger partial charge in [0.2, 0.25) is 5.91 Å². The second-order valence-corrected chi connectivity index (χ2v) is 7.71. The fourth-order valence-corrected chi connectivity index (χ4v) is 4.16. The Morgan fingerprint density at radius 1 is 1.20 bits per heavy atom. The Morgan fingerprint density at radius 3 is 2.73 bits per heavy atom. The molecular weight excluding hydrogens is 374 g/mol. The van der Waals surface area contributed by atoms with E-state index < -0.39 is 0 Å². The van der Waals surface area contributed by atoms with Crippen molar-refractivity contribution in [2.75, 3.05) is 36.5 Å². The molecule has 0 spiro atoms. The first-order valence-corrected chi connectivity index (χ1v) is 10.7. The minimum Gasteiger partial charge on any atom is -0.497 e. The molecule has 0 bridgehead atoms. The van der Waals surface area contributed by atoms with Crippen LogP contribution in [0.3, 0.4) is 0 Å². The lowest BCUT2D eigenvalue weighted by Gasteiger charge is -2.24. The van der Waals surface area contributed by atoms with Crippen LogP contribution >= 0.6 is 0 Å². The average Bonchev–Trinajstić information content (AvgIpc) is 3.43. The predicted molar refractivity (Wildman–Crippen MR) is 123 cm³/mol. The molecule has 2 aliphatic rings. The summed E-state index contributed by atoms with van der Waals surface area (Å²) in [6.07, 6.45) is 7.34. The van der Waals surface area contributed by atoms with Crippen molar-refractivity contribution in [2.24, 2.45) is 4.99 Å². The number of carbonyl (C=O) groups is 1. The maximum Gasteiger partial charge on any atom is 0.227 e. The van der Waals surface area contributed by atoms with Gasteiger partial charge in [-0.25, -0.2) is 0 Å². The van der Waals surface area contributed by atoms with Crippen molar-refractivity contribution < 1.29 is 9.53 Å². The van der Waals surface area contributed by atoms with Crippen LogP contribution in [0.4, 0.5) is 11.4 Å². The summed E-state index contributed by atoms with van der Waals surface area (Å²) < 4.78 is 5.20. The summed E-state index contributed by atoms with van der Waals surface area (Å²) in [5.41, 5.74) is 5.84. The summed E-state index contributed by atoms with van der Waals surface area (Å²) in [6.45, 7) is 4.54. The highest BCUT2D eigenvalue weighted by Gasteiger charge is 2.23. The van der Waals surface area contributed by atoms with E-state index in [-0.39, 0.29) is 5.91 Å². The van der Waals surface area contributed by atoms with E-state index in [0.717, 1.165) is 55.0 Å². The zero-order valence-electron chi connectivity index (χ0n) is 17.8. The van der Waals surface area contributed by atoms with E-state index in [1.165, 1.54) is 11.3 Å². The lowest BCUT2D eigenvalue weighted by molar-refractivity contribution is -0.118. The Morgan fingerprint density at radius 2 is 2.03 bits per heavy atom. The molecule has 1 amide bonds. The topological polar surface area (TPSA) is 45.1 Å². The summed E-state index contributed by atoms with van der Waals surface area (Å²) in [4.78, 5) is 21.7. The average molecular weight is 404 g/mol. The summed E-state index contributed by atoms with van der Waals surface area (Å²) in [6, 6.07) is 14.4. The number of fused-ring (bicyclic) bond motifs is 1. The zero-order valence-corrected chi connectivity index (χ0v) is 17.8. The smallest absolute Gasteiger partial charge is 0.227 e. The fraction of sp³-hybridized carbons (Fsp3) is 0.360. The molecule has 30 heavy (non-hydrogen) atoms. The van der Waals surface area contributed by atoms with Crippen molar-refractivity contribution in [3.05, 3.63) is 65.4 Å². The number of ether oxygens (including phenoxy) is 1. The number of aliphatic imine (C=N–C) groups is 1. The van der Waals surface area contributed by atoms with Gasteiger partial charge in [0.1, 0.15) is 5.75 Å². The second-order valence-electron chi connectivity index (χ2n) is 7.71. The van der Waals surface area contributed by atoms with E-state index in [9.17, 15) is 4.79 Å². The highest BCUT2D eigenvalue weighted by Crippen LogP contribution is 2.33. The maximum absolute atomic E-state index is 13.0. The predicted octanol–water partition coefficient (Wildman–Crippen LogP) is 4.40. The number of nitrogens with zero attached hydrogens (tertiary/aromatic N) is 3. The molecule has 0 saturated carbocycles. The number of hydrogen-bond acceptors (Lipinski definition) is 4. The largest absolute Gasteiger partial charge is 0.497 e. The Labute approximate surface area is 178 Å². The van der Waals surface area contributed by atoms with Crippen LogP contribution in [0.2, 0.25) is 0 Å². The van der Waals surface area contributed by atoms with Crippen molar-refractivity contribution >= 4 is 23.5 Å². The van der Waals surface area contributed by atoms with Crippen LogP contribution in [-0.2, 0) is 17.6 Å². The van der Waals surface area contributed by atoms with Crippen molar-refractivity contribution in [2.45, 2.75) is 32.6 Å². The Balaban J connectivity index is 1.44. The van der Waals surface area contributed by atoms with Crippen LogP contribution in [0.1, 0.15) is 30.9 Å². The quantitative estimate of drug-likeness (QED) is 0.656. The third-order valence-corrected chi connectivity index (χ3v) is 5.85. The molecule has 5 heteroatoms. The molecule has 2 aliphatic heterocycles. The summed E-state index contributed by atoms with van der Waals surface area (Å²) in [7, 11) is 1.66. The molecule has 0 atom stereocenters. The van der Waals surface area contributed by atoms with Crippen LogP contribution in [-0.4, -0.2) is 38.9 Å². The number of aryl methyl sites for hydroxylation is 1. The number of hydrogen-bond donors (Lipinski definition) is 0. The lowest BCUT2D eigenvalue weighted by Crippen LogP contribution is -2.31. The summed E-state index contributed by atoms with van der Waals surface area (Å²) >= 11 is 0. The first-order chi connectivity index (χ1) is 14.7. The molecular formula is C25H29N3O2. The van der Waals surface area contributed by atoms with E-state index >= 15 is 0 Å². The second kappa shape index (κ2) is 9.16. The molecule has 2 aromatic carbocycles. The third-order valence-electron chi connectivity index (χ3n) is 5.85. The van der Waals surface area contributed by atoms with Gasteiger partial charge in [-0.15, -0.1) is 0 Å². The van der Waals surface area contributed by atoms with Crippen LogP contribution in [0, 0.1) is 0 Å². The van der Waals surface area contributed by atoms with E-state index in [1.54, 1.807) is 7.11 Å². The minimum atomic E-state index is 0.154. The van der Waals surface area contributed by atoms with Crippen molar-refractivity contribution in [1.82, 2.24) is 0 Å². The van der Waals surface area contributed by atoms with Gasteiger partial charge >= 0.3 is 0 Å². The van der Waals surface area contributed by atoms with Gasteiger partial charge in [-0.2, -0.15) is 0 Å². The number of amides is 1. The van der Waals surface area contributed by atoms with Gasteiger partial charge < -0.3 is 14.5 Å². The van der Waals surface area contributed by atoms with E-state index in [2.05, 4.69) is 34.2 Å². The molecule has 2 heterocycles. The van der Waals surface area contributed by atoms with Crippen molar-refractivity contribution in [3.8, 4) is 5.75 Å². The standard InChI is InChI=1S/C25H29N3O2/c1-3-28(25(29)13-8-19-6-11-23(30-2)12-7-19)22-10-9-20-14-16-27(24(20)17-22)18-21-5-4-15-26-21/h5-7,9-12,15,17H,3-4,8,13-14,16,18H2,1-2H3. The molecule has 0 saturated heterocycles. The van der Waals surface area contributed by atoms with E-state index in [4.69, 9.17) is 4.74 Å². The molecule has 0 aromatic heterocycles. The van der Waals surface area contributed by atoms with Gasteiger partial charge in [0.25, 0.3) is 0 Å². The number of methoxy groups -OCH3 is 1. The van der Waals surface area contributed by atoms with Gasteiger partial charge in [0.15, 0.2) is 0 Å². The van der Waals surface area contributed by atoms with E-state index in [0.29, 0.717) is 13.0 Å². The molecule has 5 nitrogen and oxygen atoms in total. The van der Waals surface area contributed by atoms with Gasteiger partial charge in [-0.1, -0.05) is 24.3 Å². The molecule has 0 unspecified atom stereocenters. The molecule has 2 aromatic rings. The van der Waals surface area contributed by atoms with Crippen LogP contribution in [0.15, 0.2) is 59.2 Å². The SMILES string of the molecule is CCN(C(=O)CCc1ccc(OC)cc1)c1ccc2c(c1)N(CC1=CCC=N1)CC2. The summed E-state index contributed by atoms with van der Waals surface area (Å²) in [5.74, 6) is 0.989. The third kappa shape index (κ3) is 4.40. The Hall–Kier alpha value is -3.08. The van der Waals surface area contributed by atoms with Gasteiger partial charge in [-0.3, -0.25) is 9.79 Å². The van der Waals surface area contributed by atoms with E-state index in [1.807, 2.05) is 42.3 Å². The van der Waals surface area contributed by atoms with Crippen LogP contribution in [0.25, 0.3) is 0 Å². The van der Waals surface area contributed by atoms with Gasteiger partial charge in [0, 0.05) is 43.5 Å². The van der Waals surface area contributed by atoms with Crippen LogP contribution < -0.4 is 14.5 Å². The molecule has 0 aliphatic carbocycles. The van der Waals surface area contributed by atoms with Crippen LogP contribution in [0.5, 0.6) is 5.75 Å². The normalized spacial score (nSPS) is 14.6. The maximum atomic E-state index is 13.0. The monoisotopic (exact) mass is 403 g/mol. The molecule has 0 fully saturated rings. The highest BCUT2D eigenvalue weighted by molar-refractivity contribution is 5.94. The number of allylic oxidation sites excluding steroid dienone is 1. The molecule has 0 N–H and O–H groups in total. The first-order valence-electron chi connectivity index (χ1n) is 10.7. The Kier molecular flexibility index (Phi) is 6.17. The molecule has 0 radical (unpaired) electrons. The minimum absolute atomic E-state index is 0.154. The molecule has 156 valence electrons.